The van der Waals surface area contributed by atoms with E-state index in [4.69, 9.17) is 11.6 Å². The van der Waals surface area contributed by atoms with Gasteiger partial charge in [0.2, 0.25) is 15.9 Å². The van der Waals surface area contributed by atoms with Crippen molar-refractivity contribution in [1.29, 1.82) is 0 Å². The SMILES string of the molecule is Cc1ccc(NC(=O)CNS(=O)(=O)Cc2cc(Cl)ccc2C)cc1. The molecule has 7 heteroatoms. The molecule has 0 saturated carbocycles. The van der Waals surface area contributed by atoms with Gasteiger partial charge >= 0.3 is 0 Å². The Balaban J connectivity index is 1.93. The van der Waals surface area contributed by atoms with Gasteiger partial charge in [-0.05, 0) is 49.2 Å². The highest BCUT2D eigenvalue weighted by Gasteiger charge is 2.15. The van der Waals surface area contributed by atoms with Gasteiger partial charge in [-0.2, -0.15) is 0 Å². The summed E-state index contributed by atoms with van der Waals surface area (Å²) in [4.78, 5) is 11.9. The maximum atomic E-state index is 12.1. The zero-order chi connectivity index (χ0) is 17.7. The lowest BCUT2D eigenvalue weighted by atomic mass is 10.1. The number of carbonyl (C=O) groups is 1. The van der Waals surface area contributed by atoms with E-state index in [2.05, 4.69) is 10.0 Å². The molecule has 0 radical (unpaired) electrons. The zero-order valence-electron chi connectivity index (χ0n) is 13.5. The molecule has 0 spiro atoms. The van der Waals surface area contributed by atoms with Gasteiger partial charge in [0.1, 0.15) is 0 Å². The van der Waals surface area contributed by atoms with E-state index in [0.717, 1.165) is 11.1 Å². The highest BCUT2D eigenvalue weighted by Crippen LogP contribution is 2.17. The molecule has 5 nitrogen and oxygen atoms in total. The summed E-state index contributed by atoms with van der Waals surface area (Å²) in [5.41, 5.74) is 3.13. The van der Waals surface area contributed by atoms with E-state index < -0.39 is 15.9 Å². The van der Waals surface area contributed by atoms with Crippen molar-refractivity contribution in [3.05, 3.63) is 64.2 Å². The Morgan fingerprint density at radius 3 is 2.42 bits per heavy atom. The van der Waals surface area contributed by atoms with E-state index >= 15 is 0 Å². The van der Waals surface area contributed by atoms with Crippen molar-refractivity contribution in [2.75, 3.05) is 11.9 Å². The Morgan fingerprint density at radius 2 is 1.75 bits per heavy atom. The molecule has 2 rings (SSSR count). The van der Waals surface area contributed by atoms with Gasteiger partial charge in [-0.15, -0.1) is 0 Å². The molecule has 2 aromatic rings. The van der Waals surface area contributed by atoms with Gasteiger partial charge in [0.25, 0.3) is 0 Å². The first kappa shape index (κ1) is 18.4. The predicted molar refractivity (Wildman–Crippen MR) is 96.6 cm³/mol. The molecule has 0 heterocycles. The summed E-state index contributed by atoms with van der Waals surface area (Å²) in [6.07, 6.45) is 0. The minimum atomic E-state index is -3.64. The monoisotopic (exact) mass is 366 g/mol. The first-order valence-electron chi connectivity index (χ1n) is 7.34. The zero-order valence-corrected chi connectivity index (χ0v) is 15.0. The van der Waals surface area contributed by atoms with Gasteiger partial charge in [0.15, 0.2) is 0 Å². The quantitative estimate of drug-likeness (QED) is 0.825. The van der Waals surface area contributed by atoms with E-state index in [1.165, 1.54) is 0 Å². The summed E-state index contributed by atoms with van der Waals surface area (Å²) in [6, 6.07) is 12.3. The maximum Gasteiger partial charge on any atom is 0.239 e. The van der Waals surface area contributed by atoms with Crippen molar-refractivity contribution in [2.24, 2.45) is 0 Å². The molecule has 0 saturated heterocycles. The van der Waals surface area contributed by atoms with Crippen LogP contribution in [0.3, 0.4) is 0 Å². The molecule has 2 N–H and O–H groups in total. The molecule has 0 unspecified atom stereocenters. The molecule has 0 fully saturated rings. The van der Waals surface area contributed by atoms with Gasteiger partial charge in [-0.1, -0.05) is 35.4 Å². The summed E-state index contributed by atoms with van der Waals surface area (Å²) >= 11 is 5.90. The van der Waals surface area contributed by atoms with Crippen LogP contribution in [0.5, 0.6) is 0 Å². The van der Waals surface area contributed by atoms with Gasteiger partial charge in [-0.3, -0.25) is 4.79 Å². The fourth-order valence-corrected chi connectivity index (χ4v) is 3.44. The summed E-state index contributed by atoms with van der Waals surface area (Å²) in [5, 5.41) is 3.11. The van der Waals surface area contributed by atoms with Crippen LogP contribution in [0.15, 0.2) is 42.5 Å². The number of amides is 1. The number of anilines is 1. The van der Waals surface area contributed by atoms with Crippen molar-refractivity contribution in [3.8, 4) is 0 Å². The number of benzene rings is 2. The number of sulfonamides is 1. The van der Waals surface area contributed by atoms with E-state index in [1.54, 1.807) is 30.3 Å². The van der Waals surface area contributed by atoms with Crippen LogP contribution in [-0.4, -0.2) is 20.9 Å². The van der Waals surface area contributed by atoms with Crippen LogP contribution in [-0.2, 0) is 20.6 Å². The van der Waals surface area contributed by atoms with Gasteiger partial charge in [-0.25, -0.2) is 13.1 Å². The third kappa shape index (κ3) is 5.63. The summed E-state index contributed by atoms with van der Waals surface area (Å²) in [5.74, 6) is -0.651. The summed E-state index contributed by atoms with van der Waals surface area (Å²) < 4.78 is 26.6. The van der Waals surface area contributed by atoms with Crippen LogP contribution < -0.4 is 10.0 Å². The maximum absolute atomic E-state index is 12.1. The third-order valence-electron chi connectivity index (χ3n) is 3.44. The Hall–Kier alpha value is -1.89. The molecular formula is C17H19ClN2O3S. The Labute approximate surface area is 147 Å². The van der Waals surface area contributed by atoms with Crippen LogP contribution in [0.1, 0.15) is 16.7 Å². The van der Waals surface area contributed by atoms with Crippen LogP contribution in [0, 0.1) is 13.8 Å². The number of hydrogen-bond acceptors (Lipinski definition) is 3. The fraction of sp³-hybridized carbons (Fsp3) is 0.235. The van der Waals surface area contributed by atoms with Crippen LogP contribution >= 0.6 is 11.6 Å². The molecule has 0 aromatic heterocycles. The number of carbonyl (C=O) groups excluding carboxylic acids is 1. The molecule has 1 amide bonds. The van der Waals surface area contributed by atoms with Crippen molar-refractivity contribution >= 4 is 33.2 Å². The number of nitrogens with one attached hydrogen (secondary N) is 2. The largest absolute Gasteiger partial charge is 0.325 e. The lowest BCUT2D eigenvalue weighted by Crippen LogP contribution is -2.33. The summed E-state index contributed by atoms with van der Waals surface area (Å²) in [7, 11) is -3.64. The molecule has 0 aliphatic heterocycles. The fourth-order valence-electron chi connectivity index (χ4n) is 2.07. The standard InChI is InChI=1S/C17H19ClN2O3S/c1-12-3-7-16(8-4-12)20-17(21)10-19-24(22,23)11-14-9-15(18)6-5-13(14)2/h3-9,19H,10-11H2,1-2H3,(H,20,21). The number of halogens is 1. The molecular weight excluding hydrogens is 348 g/mol. The normalized spacial score (nSPS) is 11.3. The van der Waals surface area contributed by atoms with Crippen LogP contribution in [0.25, 0.3) is 0 Å². The molecule has 0 bridgehead atoms. The Bertz CT molecular complexity index is 833. The number of aryl methyl sites for hydroxylation is 2. The van der Waals surface area contributed by atoms with Crippen molar-refractivity contribution in [3.63, 3.8) is 0 Å². The Morgan fingerprint density at radius 1 is 1.08 bits per heavy atom. The average molecular weight is 367 g/mol. The van der Waals surface area contributed by atoms with Crippen LogP contribution in [0.2, 0.25) is 5.02 Å². The van der Waals surface area contributed by atoms with Gasteiger partial charge in [0.05, 0.1) is 12.3 Å². The molecule has 0 atom stereocenters. The molecule has 0 aliphatic carbocycles. The smallest absolute Gasteiger partial charge is 0.239 e. The number of hydrogen-bond donors (Lipinski definition) is 2. The second kappa shape index (κ2) is 7.79. The molecule has 2 aromatic carbocycles. The molecule has 128 valence electrons. The first-order chi connectivity index (χ1) is 11.2. The minimum absolute atomic E-state index is 0.225. The second-order valence-electron chi connectivity index (χ2n) is 5.57. The van der Waals surface area contributed by atoms with Crippen molar-refractivity contribution in [1.82, 2.24) is 4.72 Å². The molecule has 0 aliphatic rings. The summed E-state index contributed by atoms with van der Waals surface area (Å²) in [6.45, 7) is 3.43. The average Bonchev–Trinajstić information content (AvgIpc) is 2.51. The van der Waals surface area contributed by atoms with E-state index in [1.807, 2.05) is 26.0 Å². The third-order valence-corrected chi connectivity index (χ3v) is 4.95. The lowest BCUT2D eigenvalue weighted by molar-refractivity contribution is -0.115. The van der Waals surface area contributed by atoms with E-state index in [9.17, 15) is 13.2 Å². The topological polar surface area (TPSA) is 75.3 Å². The van der Waals surface area contributed by atoms with Gasteiger partial charge in [0, 0.05) is 10.7 Å². The van der Waals surface area contributed by atoms with E-state index in [0.29, 0.717) is 16.3 Å². The Kier molecular flexibility index (Phi) is 5.99. The first-order valence-corrected chi connectivity index (χ1v) is 9.37. The molecule has 24 heavy (non-hydrogen) atoms. The van der Waals surface area contributed by atoms with Crippen molar-refractivity contribution < 1.29 is 13.2 Å². The highest BCUT2D eigenvalue weighted by molar-refractivity contribution is 7.88. The minimum Gasteiger partial charge on any atom is -0.325 e. The predicted octanol–water partition coefficient (Wildman–Crippen LogP) is 3.01. The lowest BCUT2D eigenvalue weighted by Gasteiger charge is -2.10. The highest BCUT2D eigenvalue weighted by atomic mass is 35.5. The van der Waals surface area contributed by atoms with Crippen LogP contribution in [0.4, 0.5) is 5.69 Å². The second-order valence-corrected chi connectivity index (χ2v) is 7.81. The van der Waals surface area contributed by atoms with Gasteiger partial charge < -0.3 is 5.32 Å². The van der Waals surface area contributed by atoms with Crippen molar-refractivity contribution in [2.45, 2.75) is 19.6 Å². The van der Waals surface area contributed by atoms with E-state index in [-0.39, 0.29) is 12.3 Å². The number of rotatable bonds is 6.